The van der Waals surface area contributed by atoms with Crippen LogP contribution < -0.4 is 5.32 Å². The van der Waals surface area contributed by atoms with Gasteiger partial charge in [0.15, 0.2) is 12.2 Å². The first-order valence-corrected chi connectivity index (χ1v) is 8.02. The Morgan fingerprint density at radius 1 is 1.39 bits per heavy atom. The molecule has 0 radical (unpaired) electrons. The minimum Gasteiger partial charge on any atom is -0.444 e. The van der Waals surface area contributed by atoms with Crippen molar-refractivity contribution < 1.29 is 4.42 Å². The Hall–Kier alpha value is -2.40. The lowest BCUT2D eigenvalue weighted by Gasteiger charge is -2.25. The molecule has 5 heteroatoms. The SMILES string of the molecule is Cc1cn2c(n1)CCC(NCc1cccc(-c3cnco3)c1)C2. The topological polar surface area (TPSA) is 55.9 Å². The van der Waals surface area contributed by atoms with E-state index in [4.69, 9.17) is 4.42 Å². The highest BCUT2D eigenvalue weighted by molar-refractivity contribution is 5.57. The van der Waals surface area contributed by atoms with Crippen LogP contribution in [0, 0.1) is 6.92 Å². The van der Waals surface area contributed by atoms with Gasteiger partial charge in [-0.05, 0) is 25.0 Å². The first kappa shape index (κ1) is 14.2. The average molecular weight is 308 g/mol. The number of aromatic nitrogens is 3. The third-order valence-electron chi connectivity index (χ3n) is 4.35. The molecule has 0 amide bonds. The number of aryl methyl sites for hydroxylation is 2. The van der Waals surface area contributed by atoms with Gasteiger partial charge >= 0.3 is 0 Å². The Bertz CT molecular complexity index is 791. The van der Waals surface area contributed by atoms with Crippen molar-refractivity contribution in [1.82, 2.24) is 19.9 Å². The maximum absolute atomic E-state index is 5.37. The van der Waals surface area contributed by atoms with E-state index >= 15 is 0 Å². The summed E-state index contributed by atoms with van der Waals surface area (Å²) < 4.78 is 7.65. The van der Waals surface area contributed by atoms with E-state index in [1.165, 1.54) is 17.8 Å². The Balaban J connectivity index is 1.41. The second-order valence-electron chi connectivity index (χ2n) is 6.13. The molecule has 1 aromatic carbocycles. The highest BCUT2D eigenvalue weighted by Crippen LogP contribution is 2.20. The van der Waals surface area contributed by atoms with Crippen LogP contribution >= 0.6 is 0 Å². The van der Waals surface area contributed by atoms with E-state index in [1.807, 2.05) is 6.07 Å². The predicted molar refractivity (Wildman–Crippen MR) is 87.9 cm³/mol. The second kappa shape index (κ2) is 6.01. The molecular formula is C18H20N4O. The first-order chi connectivity index (χ1) is 11.3. The molecule has 0 saturated heterocycles. The van der Waals surface area contributed by atoms with Crippen LogP contribution in [0.1, 0.15) is 23.5 Å². The summed E-state index contributed by atoms with van der Waals surface area (Å²) in [6.45, 7) is 3.91. The van der Waals surface area contributed by atoms with Gasteiger partial charge in [-0.1, -0.05) is 18.2 Å². The second-order valence-corrected chi connectivity index (χ2v) is 6.13. The number of nitrogens with one attached hydrogen (secondary N) is 1. The lowest BCUT2D eigenvalue weighted by Crippen LogP contribution is -2.36. The Kier molecular flexibility index (Phi) is 3.71. The summed E-state index contributed by atoms with van der Waals surface area (Å²) in [5.41, 5.74) is 3.44. The van der Waals surface area contributed by atoms with Gasteiger partial charge in [0.25, 0.3) is 0 Å². The van der Waals surface area contributed by atoms with Crippen LogP contribution in [-0.4, -0.2) is 20.6 Å². The molecule has 4 rings (SSSR count). The third kappa shape index (κ3) is 3.05. The zero-order chi connectivity index (χ0) is 15.6. The van der Waals surface area contributed by atoms with E-state index in [0.717, 1.165) is 42.9 Å². The zero-order valence-corrected chi connectivity index (χ0v) is 13.2. The summed E-state index contributed by atoms with van der Waals surface area (Å²) in [7, 11) is 0. The monoisotopic (exact) mass is 308 g/mol. The van der Waals surface area contributed by atoms with Crippen LogP contribution in [0.3, 0.4) is 0 Å². The molecule has 5 nitrogen and oxygen atoms in total. The van der Waals surface area contributed by atoms with Gasteiger partial charge in [0, 0.05) is 37.3 Å². The van der Waals surface area contributed by atoms with E-state index in [-0.39, 0.29) is 0 Å². The lowest BCUT2D eigenvalue weighted by molar-refractivity contribution is 0.379. The molecular weight excluding hydrogens is 288 g/mol. The molecule has 0 aliphatic carbocycles. The molecule has 0 bridgehead atoms. The number of fused-ring (bicyclic) bond motifs is 1. The molecule has 1 atom stereocenters. The molecule has 2 aromatic heterocycles. The van der Waals surface area contributed by atoms with Gasteiger partial charge in [-0.3, -0.25) is 0 Å². The first-order valence-electron chi connectivity index (χ1n) is 8.02. The highest BCUT2D eigenvalue weighted by atomic mass is 16.3. The zero-order valence-electron chi connectivity index (χ0n) is 13.2. The number of nitrogens with zero attached hydrogens (tertiary/aromatic N) is 3. The van der Waals surface area contributed by atoms with Gasteiger partial charge in [0.05, 0.1) is 11.9 Å². The van der Waals surface area contributed by atoms with E-state index < -0.39 is 0 Å². The normalized spacial score (nSPS) is 17.2. The molecule has 1 N–H and O–H groups in total. The molecule has 3 aromatic rings. The Labute approximate surface area is 135 Å². The Morgan fingerprint density at radius 2 is 2.35 bits per heavy atom. The fourth-order valence-electron chi connectivity index (χ4n) is 3.21. The van der Waals surface area contributed by atoms with Crippen molar-refractivity contribution in [1.29, 1.82) is 0 Å². The predicted octanol–water partition coefficient (Wildman–Crippen LogP) is 2.95. The summed E-state index contributed by atoms with van der Waals surface area (Å²) in [5.74, 6) is 2.02. The highest BCUT2D eigenvalue weighted by Gasteiger charge is 2.19. The smallest absolute Gasteiger partial charge is 0.181 e. The van der Waals surface area contributed by atoms with E-state index in [2.05, 4.69) is 51.2 Å². The quantitative estimate of drug-likeness (QED) is 0.805. The van der Waals surface area contributed by atoms with Crippen molar-refractivity contribution in [3.63, 3.8) is 0 Å². The van der Waals surface area contributed by atoms with Gasteiger partial charge in [-0.25, -0.2) is 9.97 Å². The number of oxazole rings is 1. The van der Waals surface area contributed by atoms with Gasteiger partial charge in [0.1, 0.15) is 5.82 Å². The van der Waals surface area contributed by atoms with Gasteiger partial charge < -0.3 is 14.3 Å². The van der Waals surface area contributed by atoms with E-state index in [0.29, 0.717) is 6.04 Å². The molecule has 1 aliphatic rings. The van der Waals surface area contributed by atoms with Crippen molar-refractivity contribution in [3.05, 3.63) is 60.1 Å². The fourth-order valence-corrected chi connectivity index (χ4v) is 3.21. The van der Waals surface area contributed by atoms with Gasteiger partial charge in [-0.15, -0.1) is 0 Å². The van der Waals surface area contributed by atoms with Gasteiger partial charge in [0.2, 0.25) is 0 Å². The van der Waals surface area contributed by atoms with Crippen LogP contribution in [-0.2, 0) is 19.5 Å². The lowest BCUT2D eigenvalue weighted by atomic mass is 10.1. The van der Waals surface area contributed by atoms with Crippen LogP contribution in [0.25, 0.3) is 11.3 Å². The molecule has 3 heterocycles. The summed E-state index contributed by atoms with van der Waals surface area (Å²) >= 11 is 0. The average Bonchev–Trinajstić information content (AvgIpc) is 3.21. The maximum Gasteiger partial charge on any atom is 0.181 e. The molecule has 1 aliphatic heterocycles. The standard InChI is InChI=1S/C18H20N4O/c1-13-10-22-11-16(5-6-18(22)21-13)20-8-14-3-2-4-15(7-14)17-9-19-12-23-17/h2-4,7,9-10,12,16,20H,5-6,8,11H2,1H3. The van der Waals surface area contributed by atoms with Crippen LogP contribution in [0.15, 0.2) is 47.5 Å². The number of benzene rings is 1. The molecule has 1 unspecified atom stereocenters. The minimum absolute atomic E-state index is 0.491. The summed E-state index contributed by atoms with van der Waals surface area (Å²) in [5, 5.41) is 3.67. The number of rotatable bonds is 4. The van der Waals surface area contributed by atoms with Crippen molar-refractivity contribution in [2.75, 3.05) is 0 Å². The molecule has 118 valence electrons. The van der Waals surface area contributed by atoms with Crippen LogP contribution in [0.2, 0.25) is 0 Å². The molecule has 0 fully saturated rings. The summed E-state index contributed by atoms with van der Waals surface area (Å²) in [6, 6.07) is 8.90. The van der Waals surface area contributed by atoms with Crippen LogP contribution in [0.5, 0.6) is 0 Å². The van der Waals surface area contributed by atoms with Gasteiger partial charge in [-0.2, -0.15) is 0 Å². The van der Waals surface area contributed by atoms with Crippen molar-refractivity contribution in [3.8, 4) is 11.3 Å². The molecule has 0 saturated carbocycles. The largest absolute Gasteiger partial charge is 0.444 e. The van der Waals surface area contributed by atoms with Crippen molar-refractivity contribution in [2.45, 2.75) is 38.9 Å². The number of hydrogen-bond acceptors (Lipinski definition) is 4. The van der Waals surface area contributed by atoms with Crippen molar-refractivity contribution >= 4 is 0 Å². The summed E-state index contributed by atoms with van der Waals surface area (Å²) in [4.78, 5) is 8.54. The fraction of sp³-hybridized carbons (Fsp3) is 0.333. The van der Waals surface area contributed by atoms with Crippen molar-refractivity contribution in [2.24, 2.45) is 0 Å². The molecule has 0 spiro atoms. The molecule has 23 heavy (non-hydrogen) atoms. The minimum atomic E-state index is 0.491. The summed E-state index contributed by atoms with van der Waals surface area (Å²) in [6.07, 6.45) is 7.54. The number of hydrogen-bond donors (Lipinski definition) is 1. The maximum atomic E-state index is 5.37. The number of imidazole rings is 1. The van der Waals surface area contributed by atoms with Crippen LogP contribution in [0.4, 0.5) is 0 Å². The Morgan fingerprint density at radius 3 is 3.22 bits per heavy atom. The van der Waals surface area contributed by atoms with E-state index in [1.54, 1.807) is 6.20 Å². The third-order valence-corrected chi connectivity index (χ3v) is 4.35. The van der Waals surface area contributed by atoms with E-state index in [9.17, 15) is 0 Å².